The molecule has 0 spiro atoms. The Balaban J connectivity index is 1.89. The number of methoxy groups -OCH3 is 1. The zero-order valence-corrected chi connectivity index (χ0v) is 17.8. The molecule has 0 aliphatic carbocycles. The van der Waals surface area contributed by atoms with Crippen LogP contribution in [0.5, 0.6) is 5.75 Å². The zero-order valence-electron chi connectivity index (χ0n) is 17.8. The number of ether oxygens (including phenoxy) is 2. The van der Waals surface area contributed by atoms with Crippen LogP contribution in [0.1, 0.15) is 18.9 Å². The van der Waals surface area contributed by atoms with Gasteiger partial charge in [-0.3, -0.25) is 19.4 Å². The molecule has 0 saturated carbocycles. The number of benzene rings is 1. The minimum atomic E-state index is -0.256. The summed E-state index contributed by atoms with van der Waals surface area (Å²) in [6, 6.07) is 7.33. The SMILES string of the molecule is CCOc1ccc(C2=C(N3CCN(CCO)CC3)C(=O)N(CCCOC)C2=O)cc1. The van der Waals surface area contributed by atoms with Crippen LogP contribution < -0.4 is 4.74 Å². The zero-order chi connectivity index (χ0) is 21.5. The first-order chi connectivity index (χ1) is 14.6. The molecule has 30 heavy (non-hydrogen) atoms. The van der Waals surface area contributed by atoms with Crippen molar-refractivity contribution in [1.29, 1.82) is 0 Å². The number of nitrogens with zero attached hydrogens (tertiary/aromatic N) is 3. The third-order valence-electron chi connectivity index (χ3n) is 5.43. The Kier molecular flexibility index (Phi) is 7.84. The van der Waals surface area contributed by atoms with Crippen LogP contribution in [0, 0.1) is 0 Å². The van der Waals surface area contributed by atoms with Crippen LogP contribution >= 0.6 is 0 Å². The van der Waals surface area contributed by atoms with Crippen molar-refractivity contribution in [2.45, 2.75) is 13.3 Å². The molecule has 2 heterocycles. The summed E-state index contributed by atoms with van der Waals surface area (Å²) in [4.78, 5) is 32.0. The average Bonchev–Trinajstić information content (AvgIpc) is 3.00. The molecule has 2 amide bonds. The molecule has 3 rings (SSSR count). The van der Waals surface area contributed by atoms with E-state index in [9.17, 15) is 14.7 Å². The fourth-order valence-electron chi connectivity index (χ4n) is 3.91. The normalized spacial score (nSPS) is 18.0. The predicted molar refractivity (Wildman–Crippen MR) is 113 cm³/mol. The fraction of sp³-hybridized carbons (Fsp3) is 0.545. The van der Waals surface area contributed by atoms with E-state index < -0.39 is 0 Å². The molecule has 1 N–H and O–H groups in total. The topological polar surface area (TPSA) is 82.6 Å². The number of carbonyl (C=O) groups is 2. The van der Waals surface area contributed by atoms with Crippen molar-refractivity contribution < 1.29 is 24.2 Å². The van der Waals surface area contributed by atoms with E-state index in [0.29, 0.717) is 57.1 Å². The molecule has 2 aliphatic heterocycles. The first kappa shape index (κ1) is 22.3. The number of β-amino-alcohol motifs (C(OH)–C–C–N with tert-alkyl or cyclic N) is 1. The van der Waals surface area contributed by atoms with Gasteiger partial charge in [0.15, 0.2) is 0 Å². The predicted octanol–water partition coefficient (Wildman–Crippen LogP) is 0.812. The number of aliphatic hydroxyl groups excluding tert-OH is 1. The Morgan fingerprint density at radius 3 is 2.30 bits per heavy atom. The van der Waals surface area contributed by atoms with E-state index in [2.05, 4.69) is 4.90 Å². The van der Waals surface area contributed by atoms with Crippen molar-refractivity contribution >= 4 is 17.4 Å². The highest BCUT2D eigenvalue weighted by molar-refractivity contribution is 6.35. The summed E-state index contributed by atoms with van der Waals surface area (Å²) in [7, 11) is 1.61. The van der Waals surface area contributed by atoms with Gasteiger partial charge in [0.2, 0.25) is 0 Å². The van der Waals surface area contributed by atoms with Crippen molar-refractivity contribution in [2.75, 3.05) is 66.2 Å². The Labute approximate surface area is 177 Å². The molecule has 8 heteroatoms. The minimum absolute atomic E-state index is 0.116. The molecule has 8 nitrogen and oxygen atoms in total. The fourth-order valence-corrected chi connectivity index (χ4v) is 3.91. The maximum absolute atomic E-state index is 13.3. The number of aliphatic hydroxyl groups is 1. The Morgan fingerprint density at radius 2 is 1.70 bits per heavy atom. The van der Waals surface area contributed by atoms with Gasteiger partial charge in [-0.05, 0) is 31.0 Å². The number of piperazine rings is 1. The molecular formula is C22H31N3O5. The van der Waals surface area contributed by atoms with Crippen LogP contribution in [-0.2, 0) is 14.3 Å². The quantitative estimate of drug-likeness (QED) is 0.446. The number of rotatable bonds is 10. The minimum Gasteiger partial charge on any atom is -0.494 e. The van der Waals surface area contributed by atoms with Crippen LogP contribution in [0.4, 0.5) is 0 Å². The summed E-state index contributed by atoms with van der Waals surface area (Å²) in [6.07, 6.45) is 0.599. The van der Waals surface area contributed by atoms with Gasteiger partial charge in [0, 0.05) is 53.0 Å². The molecule has 1 fully saturated rings. The van der Waals surface area contributed by atoms with Crippen molar-refractivity contribution in [1.82, 2.24) is 14.7 Å². The standard InChI is InChI=1S/C22H31N3O5/c1-3-30-18-7-5-17(6-8-18)19-20(24-12-10-23(11-13-24)14-15-26)22(28)25(21(19)27)9-4-16-29-2/h5-8,26H,3-4,9-16H2,1-2H3. The van der Waals surface area contributed by atoms with Crippen molar-refractivity contribution in [3.63, 3.8) is 0 Å². The number of carbonyl (C=O) groups excluding carboxylic acids is 2. The van der Waals surface area contributed by atoms with Gasteiger partial charge in [-0.25, -0.2) is 0 Å². The van der Waals surface area contributed by atoms with Crippen LogP contribution in [0.3, 0.4) is 0 Å². The number of amides is 2. The largest absolute Gasteiger partial charge is 0.494 e. The van der Waals surface area contributed by atoms with Crippen LogP contribution in [0.2, 0.25) is 0 Å². The first-order valence-electron chi connectivity index (χ1n) is 10.5. The Hall–Kier alpha value is -2.42. The molecular weight excluding hydrogens is 386 g/mol. The highest BCUT2D eigenvalue weighted by Gasteiger charge is 2.41. The Bertz CT molecular complexity index is 769. The lowest BCUT2D eigenvalue weighted by molar-refractivity contribution is -0.137. The van der Waals surface area contributed by atoms with Crippen LogP contribution in [-0.4, -0.2) is 97.8 Å². The van der Waals surface area contributed by atoms with Gasteiger partial charge in [0.25, 0.3) is 11.8 Å². The first-order valence-corrected chi connectivity index (χ1v) is 10.5. The van der Waals surface area contributed by atoms with Crippen molar-refractivity contribution in [3.05, 3.63) is 35.5 Å². The highest BCUT2D eigenvalue weighted by Crippen LogP contribution is 2.33. The van der Waals surface area contributed by atoms with Gasteiger partial charge >= 0.3 is 0 Å². The van der Waals surface area contributed by atoms with Gasteiger partial charge in [0.05, 0.1) is 18.8 Å². The maximum Gasteiger partial charge on any atom is 0.277 e. The smallest absolute Gasteiger partial charge is 0.277 e. The summed E-state index contributed by atoms with van der Waals surface area (Å²) >= 11 is 0. The average molecular weight is 418 g/mol. The van der Waals surface area contributed by atoms with Gasteiger partial charge in [-0.2, -0.15) is 0 Å². The van der Waals surface area contributed by atoms with Crippen LogP contribution in [0.25, 0.3) is 5.57 Å². The van der Waals surface area contributed by atoms with Crippen molar-refractivity contribution in [3.8, 4) is 5.75 Å². The maximum atomic E-state index is 13.3. The monoisotopic (exact) mass is 417 g/mol. The molecule has 0 radical (unpaired) electrons. The molecule has 1 saturated heterocycles. The van der Waals surface area contributed by atoms with Crippen LogP contribution in [0.15, 0.2) is 30.0 Å². The van der Waals surface area contributed by atoms with E-state index in [4.69, 9.17) is 9.47 Å². The lowest BCUT2D eigenvalue weighted by atomic mass is 10.0. The lowest BCUT2D eigenvalue weighted by Gasteiger charge is -2.36. The van der Waals surface area contributed by atoms with Gasteiger partial charge in [-0.1, -0.05) is 12.1 Å². The van der Waals surface area contributed by atoms with Gasteiger partial charge in [0.1, 0.15) is 11.4 Å². The molecule has 0 bridgehead atoms. The second-order valence-electron chi connectivity index (χ2n) is 7.34. The lowest BCUT2D eigenvalue weighted by Crippen LogP contribution is -2.48. The molecule has 0 unspecified atom stereocenters. The second-order valence-corrected chi connectivity index (χ2v) is 7.34. The molecule has 1 aromatic carbocycles. The van der Waals surface area contributed by atoms with Gasteiger partial charge in [-0.15, -0.1) is 0 Å². The van der Waals surface area contributed by atoms with E-state index in [1.54, 1.807) is 7.11 Å². The van der Waals surface area contributed by atoms with E-state index in [-0.39, 0.29) is 18.4 Å². The summed E-state index contributed by atoms with van der Waals surface area (Å²) in [6.45, 7) is 6.81. The molecule has 0 aromatic heterocycles. The molecule has 164 valence electrons. The Morgan fingerprint density at radius 1 is 1.00 bits per heavy atom. The van der Waals surface area contributed by atoms with Crippen molar-refractivity contribution in [2.24, 2.45) is 0 Å². The highest BCUT2D eigenvalue weighted by atomic mass is 16.5. The van der Waals surface area contributed by atoms with Gasteiger partial charge < -0.3 is 19.5 Å². The summed E-state index contributed by atoms with van der Waals surface area (Å²) in [5.74, 6) is 0.235. The third-order valence-corrected chi connectivity index (χ3v) is 5.43. The number of imide groups is 1. The molecule has 0 atom stereocenters. The second kappa shape index (κ2) is 10.6. The molecule has 1 aromatic rings. The van der Waals surface area contributed by atoms with E-state index in [0.717, 1.165) is 24.4 Å². The summed E-state index contributed by atoms with van der Waals surface area (Å²) in [5.41, 5.74) is 1.65. The van der Waals surface area contributed by atoms with E-state index in [1.807, 2.05) is 36.1 Å². The number of hydrogen-bond donors (Lipinski definition) is 1. The van der Waals surface area contributed by atoms with E-state index >= 15 is 0 Å². The molecule has 2 aliphatic rings. The third kappa shape index (κ3) is 4.83. The van der Waals surface area contributed by atoms with E-state index in [1.165, 1.54) is 4.90 Å². The summed E-state index contributed by atoms with van der Waals surface area (Å²) < 4.78 is 10.6. The summed E-state index contributed by atoms with van der Waals surface area (Å²) in [5, 5.41) is 9.17. The number of hydrogen-bond acceptors (Lipinski definition) is 7.